The molecule has 0 saturated carbocycles. The van der Waals surface area contributed by atoms with Gasteiger partial charge in [0.15, 0.2) is 0 Å². The van der Waals surface area contributed by atoms with Crippen LogP contribution in [0.2, 0.25) is 0 Å². The van der Waals surface area contributed by atoms with Crippen LogP contribution in [0.5, 0.6) is 11.5 Å². The lowest BCUT2D eigenvalue weighted by molar-refractivity contribution is 0.166. The zero-order valence-electron chi connectivity index (χ0n) is 12.7. The Bertz CT molecular complexity index is 598. The topological polar surface area (TPSA) is 51.6 Å². The summed E-state index contributed by atoms with van der Waals surface area (Å²) in [5.74, 6) is 1.46. The molecule has 1 unspecified atom stereocenters. The molecule has 0 radical (unpaired) electrons. The molecule has 4 heteroatoms. The van der Waals surface area contributed by atoms with Gasteiger partial charge < -0.3 is 14.6 Å². The summed E-state index contributed by atoms with van der Waals surface area (Å²) in [7, 11) is 1.63. The largest absolute Gasteiger partial charge is 0.497 e. The maximum absolute atomic E-state index is 10.0. The monoisotopic (exact) mass is 287 g/mol. The zero-order chi connectivity index (χ0) is 15.2. The Morgan fingerprint density at radius 1 is 1.24 bits per heavy atom. The van der Waals surface area contributed by atoms with E-state index in [1.807, 2.05) is 50.2 Å². The van der Waals surface area contributed by atoms with Crippen LogP contribution in [0, 0.1) is 6.92 Å². The maximum atomic E-state index is 10.0. The Morgan fingerprint density at radius 3 is 2.71 bits per heavy atom. The van der Waals surface area contributed by atoms with Crippen LogP contribution in [0.3, 0.4) is 0 Å². The molecule has 1 aromatic heterocycles. The number of aliphatic hydroxyl groups is 1. The molecule has 1 aromatic carbocycles. The molecular weight excluding hydrogens is 266 g/mol. The van der Waals surface area contributed by atoms with Crippen molar-refractivity contribution >= 4 is 0 Å². The molecular formula is C17H21NO3. The number of hydrogen-bond acceptors (Lipinski definition) is 4. The number of aliphatic hydroxyl groups excluding tert-OH is 1. The molecule has 0 aliphatic rings. The SMILES string of the molecule is CCC(O)c1ccccc1OCc1cc(OC)cc(C)n1. The highest BCUT2D eigenvalue weighted by Crippen LogP contribution is 2.27. The van der Waals surface area contributed by atoms with Crippen molar-refractivity contribution in [2.75, 3.05) is 7.11 Å². The van der Waals surface area contributed by atoms with E-state index in [-0.39, 0.29) is 0 Å². The van der Waals surface area contributed by atoms with E-state index in [1.54, 1.807) is 7.11 Å². The van der Waals surface area contributed by atoms with Gasteiger partial charge in [-0.2, -0.15) is 0 Å². The van der Waals surface area contributed by atoms with Crippen LogP contribution >= 0.6 is 0 Å². The van der Waals surface area contributed by atoms with Gasteiger partial charge in [0, 0.05) is 23.4 Å². The molecule has 1 atom stereocenters. The van der Waals surface area contributed by atoms with Crippen molar-refractivity contribution in [3.05, 3.63) is 53.3 Å². The third-order valence-electron chi connectivity index (χ3n) is 3.26. The van der Waals surface area contributed by atoms with Gasteiger partial charge in [0.2, 0.25) is 0 Å². The summed E-state index contributed by atoms with van der Waals surface area (Å²) >= 11 is 0. The highest BCUT2D eigenvalue weighted by atomic mass is 16.5. The Morgan fingerprint density at radius 2 is 2.00 bits per heavy atom. The van der Waals surface area contributed by atoms with E-state index in [1.165, 1.54) is 0 Å². The number of ether oxygens (including phenoxy) is 2. The third kappa shape index (κ3) is 3.95. The molecule has 1 heterocycles. The van der Waals surface area contributed by atoms with Crippen molar-refractivity contribution in [3.8, 4) is 11.5 Å². The molecule has 0 aliphatic heterocycles. The lowest BCUT2D eigenvalue weighted by atomic mass is 10.1. The summed E-state index contributed by atoms with van der Waals surface area (Å²) in [5.41, 5.74) is 2.49. The lowest BCUT2D eigenvalue weighted by Crippen LogP contribution is -2.04. The summed E-state index contributed by atoms with van der Waals surface area (Å²) in [6.07, 6.45) is 0.137. The van der Waals surface area contributed by atoms with Gasteiger partial charge >= 0.3 is 0 Å². The molecule has 0 amide bonds. The minimum Gasteiger partial charge on any atom is -0.497 e. The van der Waals surface area contributed by atoms with E-state index in [0.717, 1.165) is 22.7 Å². The quantitative estimate of drug-likeness (QED) is 0.884. The highest BCUT2D eigenvalue weighted by Gasteiger charge is 2.11. The summed E-state index contributed by atoms with van der Waals surface area (Å²) in [5, 5.41) is 10.0. The summed E-state index contributed by atoms with van der Waals surface area (Å²) in [6.45, 7) is 4.20. The number of para-hydroxylation sites is 1. The van der Waals surface area contributed by atoms with E-state index in [4.69, 9.17) is 9.47 Å². The van der Waals surface area contributed by atoms with E-state index >= 15 is 0 Å². The van der Waals surface area contributed by atoms with Crippen molar-refractivity contribution in [3.63, 3.8) is 0 Å². The first-order chi connectivity index (χ1) is 10.1. The molecule has 21 heavy (non-hydrogen) atoms. The summed E-state index contributed by atoms with van der Waals surface area (Å²) in [4.78, 5) is 4.42. The van der Waals surface area contributed by atoms with Gasteiger partial charge in [0.1, 0.15) is 18.1 Å². The predicted octanol–water partition coefficient (Wildman–Crippen LogP) is 3.42. The van der Waals surface area contributed by atoms with Gasteiger partial charge in [-0.3, -0.25) is 4.98 Å². The van der Waals surface area contributed by atoms with Crippen molar-refractivity contribution < 1.29 is 14.6 Å². The van der Waals surface area contributed by atoms with Crippen molar-refractivity contribution in [2.45, 2.75) is 33.0 Å². The number of benzene rings is 1. The molecule has 1 N–H and O–H groups in total. The Kier molecular flexibility index (Phi) is 5.17. The summed E-state index contributed by atoms with van der Waals surface area (Å²) in [6, 6.07) is 11.3. The lowest BCUT2D eigenvalue weighted by Gasteiger charge is -2.15. The fourth-order valence-electron chi connectivity index (χ4n) is 2.15. The third-order valence-corrected chi connectivity index (χ3v) is 3.26. The molecule has 2 rings (SSSR count). The fraction of sp³-hybridized carbons (Fsp3) is 0.353. The van der Waals surface area contributed by atoms with E-state index in [9.17, 15) is 5.11 Å². The Labute approximate surface area is 125 Å². The van der Waals surface area contributed by atoms with Gasteiger partial charge in [0.25, 0.3) is 0 Å². The fourth-order valence-corrected chi connectivity index (χ4v) is 2.15. The minimum atomic E-state index is -0.513. The van der Waals surface area contributed by atoms with Crippen LogP contribution in [0.1, 0.15) is 36.4 Å². The summed E-state index contributed by atoms with van der Waals surface area (Å²) < 4.78 is 11.1. The van der Waals surface area contributed by atoms with Crippen molar-refractivity contribution in [1.82, 2.24) is 4.98 Å². The smallest absolute Gasteiger partial charge is 0.130 e. The van der Waals surface area contributed by atoms with Gasteiger partial charge in [-0.25, -0.2) is 0 Å². The number of nitrogens with zero attached hydrogens (tertiary/aromatic N) is 1. The number of aromatic nitrogens is 1. The number of rotatable bonds is 6. The zero-order valence-corrected chi connectivity index (χ0v) is 12.7. The van der Waals surface area contributed by atoms with Crippen LogP contribution in [0.15, 0.2) is 36.4 Å². The van der Waals surface area contributed by atoms with E-state index in [2.05, 4.69) is 4.98 Å². The first-order valence-electron chi connectivity index (χ1n) is 7.05. The number of pyridine rings is 1. The minimum absolute atomic E-state index is 0.339. The van der Waals surface area contributed by atoms with Gasteiger partial charge in [-0.1, -0.05) is 25.1 Å². The van der Waals surface area contributed by atoms with Crippen molar-refractivity contribution in [2.24, 2.45) is 0 Å². The normalized spacial score (nSPS) is 12.0. The second-order valence-electron chi connectivity index (χ2n) is 4.89. The van der Waals surface area contributed by atoms with Crippen LogP contribution in [-0.4, -0.2) is 17.2 Å². The number of methoxy groups -OCH3 is 1. The van der Waals surface area contributed by atoms with Crippen LogP contribution in [0.25, 0.3) is 0 Å². The van der Waals surface area contributed by atoms with Crippen LogP contribution in [0.4, 0.5) is 0 Å². The van der Waals surface area contributed by atoms with E-state index in [0.29, 0.717) is 18.8 Å². The number of aryl methyl sites for hydroxylation is 1. The average Bonchev–Trinajstić information content (AvgIpc) is 2.51. The molecule has 0 spiro atoms. The molecule has 0 saturated heterocycles. The number of hydrogen-bond donors (Lipinski definition) is 1. The molecule has 0 fully saturated rings. The van der Waals surface area contributed by atoms with Gasteiger partial charge in [-0.15, -0.1) is 0 Å². The second-order valence-corrected chi connectivity index (χ2v) is 4.89. The Balaban J connectivity index is 2.15. The average molecular weight is 287 g/mol. The first-order valence-corrected chi connectivity index (χ1v) is 7.05. The molecule has 4 nitrogen and oxygen atoms in total. The maximum Gasteiger partial charge on any atom is 0.130 e. The first kappa shape index (κ1) is 15.3. The van der Waals surface area contributed by atoms with Crippen molar-refractivity contribution in [1.29, 1.82) is 0 Å². The predicted molar refractivity (Wildman–Crippen MR) is 81.6 cm³/mol. The second kappa shape index (κ2) is 7.09. The molecule has 0 aliphatic carbocycles. The van der Waals surface area contributed by atoms with Crippen LogP contribution < -0.4 is 9.47 Å². The molecule has 112 valence electrons. The molecule has 0 bridgehead atoms. The highest BCUT2D eigenvalue weighted by molar-refractivity contribution is 5.35. The Hall–Kier alpha value is -2.07. The molecule has 2 aromatic rings. The standard InChI is InChI=1S/C17H21NO3/c1-4-16(19)15-7-5-6-8-17(15)21-11-13-10-14(20-3)9-12(2)18-13/h5-10,16,19H,4,11H2,1-3H3. The van der Waals surface area contributed by atoms with E-state index < -0.39 is 6.10 Å². The van der Waals surface area contributed by atoms with Gasteiger partial charge in [-0.05, 0) is 19.4 Å². The van der Waals surface area contributed by atoms with Crippen LogP contribution in [-0.2, 0) is 6.61 Å². The van der Waals surface area contributed by atoms with Gasteiger partial charge in [0.05, 0.1) is 18.9 Å².